The maximum absolute atomic E-state index is 12.7. The van der Waals surface area contributed by atoms with Crippen molar-refractivity contribution in [1.82, 2.24) is 0 Å². The van der Waals surface area contributed by atoms with Crippen molar-refractivity contribution in [2.75, 3.05) is 11.5 Å². The van der Waals surface area contributed by atoms with E-state index in [0.717, 1.165) is 23.1 Å². The molecule has 1 aliphatic heterocycles. The fourth-order valence-electron chi connectivity index (χ4n) is 3.56. The molecule has 0 fully saturated rings. The quantitative estimate of drug-likeness (QED) is 0.680. The van der Waals surface area contributed by atoms with Crippen LogP contribution in [0.4, 0.5) is 5.69 Å². The highest BCUT2D eigenvalue weighted by molar-refractivity contribution is 5.97. The van der Waals surface area contributed by atoms with E-state index in [1.807, 2.05) is 44.2 Å². The van der Waals surface area contributed by atoms with Crippen LogP contribution in [0.3, 0.4) is 0 Å². The van der Waals surface area contributed by atoms with Gasteiger partial charge in [0.2, 0.25) is 0 Å². The Balaban J connectivity index is 1.53. The van der Waals surface area contributed by atoms with Gasteiger partial charge in [-0.1, -0.05) is 18.2 Å². The lowest BCUT2D eigenvalue weighted by atomic mass is 10.1. The number of nitrogens with zero attached hydrogens (tertiary/aromatic N) is 1. The lowest BCUT2D eigenvalue weighted by Crippen LogP contribution is -2.39. The normalized spacial score (nSPS) is 15.9. The maximum atomic E-state index is 12.7. The molecule has 5 heteroatoms. The average molecular weight is 349 g/mol. The van der Waals surface area contributed by atoms with E-state index >= 15 is 0 Å². The van der Waals surface area contributed by atoms with Crippen molar-refractivity contribution in [3.05, 3.63) is 70.1 Å². The zero-order valence-corrected chi connectivity index (χ0v) is 14.7. The number of carbonyl (C=O) groups is 1. The van der Waals surface area contributed by atoms with Crippen molar-refractivity contribution in [1.29, 1.82) is 0 Å². The van der Waals surface area contributed by atoms with Crippen LogP contribution in [0.5, 0.6) is 5.75 Å². The number of para-hydroxylation sites is 1. The first-order chi connectivity index (χ1) is 12.5. The molecule has 4 rings (SSSR count). The van der Waals surface area contributed by atoms with Crippen LogP contribution < -0.4 is 15.3 Å². The first-order valence-corrected chi connectivity index (χ1v) is 8.60. The Hall–Kier alpha value is -3.08. The van der Waals surface area contributed by atoms with Gasteiger partial charge >= 0.3 is 5.63 Å². The molecule has 0 bridgehead atoms. The van der Waals surface area contributed by atoms with Gasteiger partial charge in [-0.25, -0.2) is 4.79 Å². The highest BCUT2D eigenvalue weighted by atomic mass is 16.5. The summed E-state index contributed by atoms with van der Waals surface area (Å²) in [6.45, 7) is 3.82. The molecule has 0 saturated carbocycles. The summed E-state index contributed by atoms with van der Waals surface area (Å²) < 4.78 is 10.9. The van der Waals surface area contributed by atoms with Gasteiger partial charge in [0.15, 0.2) is 6.61 Å². The van der Waals surface area contributed by atoms with Crippen molar-refractivity contribution < 1.29 is 13.9 Å². The number of anilines is 1. The molecule has 26 heavy (non-hydrogen) atoms. The van der Waals surface area contributed by atoms with Gasteiger partial charge in [-0.15, -0.1) is 0 Å². The molecular weight excluding hydrogens is 330 g/mol. The molecule has 2 heterocycles. The minimum absolute atomic E-state index is 0.0692. The monoisotopic (exact) mass is 349 g/mol. The Morgan fingerprint density at radius 2 is 2.04 bits per heavy atom. The Morgan fingerprint density at radius 3 is 2.88 bits per heavy atom. The van der Waals surface area contributed by atoms with Gasteiger partial charge in [0.05, 0.1) is 0 Å². The zero-order chi connectivity index (χ0) is 18.3. The van der Waals surface area contributed by atoms with Gasteiger partial charge in [0.1, 0.15) is 11.3 Å². The van der Waals surface area contributed by atoms with Gasteiger partial charge in [-0.05, 0) is 49.6 Å². The average Bonchev–Trinajstić information content (AvgIpc) is 2.95. The number of rotatable bonds is 3. The van der Waals surface area contributed by atoms with Crippen LogP contribution in [0.25, 0.3) is 11.0 Å². The maximum Gasteiger partial charge on any atom is 0.336 e. The first-order valence-electron chi connectivity index (χ1n) is 8.60. The largest absolute Gasteiger partial charge is 0.484 e. The summed E-state index contributed by atoms with van der Waals surface area (Å²) in [4.78, 5) is 26.0. The van der Waals surface area contributed by atoms with Gasteiger partial charge in [0, 0.05) is 29.2 Å². The predicted molar refractivity (Wildman–Crippen MR) is 99.8 cm³/mol. The Bertz CT molecular complexity index is 1050. The number of hydrogen-bond donors (Lipinski definition) is 0. The zero-order valence-electron chi connectivity index (χ0n) is 14.7. The summed E-state index contributed by atoms with van der Waals surface area (Å²) in [6.07, 6.45) is 0.850. The molecule has 132 valence electrons. The molecule has 3 aromatic rings. The van der Waals surface area contributed by atoms with Crippen LogP contribution in [0, 0.1) is 6.92 Å². The fraction of sp³-hybridized carbons (Fsp3) is 0.238. The lowest BCUT2D eigenvalue weighted by Gasteiger charge is -2.22. The van der Waals surface area contributed by atoms with Crippen LogP contribution in [-0.2, 0) is 11.2 Å². The van der Waals surface area contributed by atoms with E-state index in [9.17, 15) is 9.59 Å². The number of fused-ring (bicyclic) bond motifs is 2. The van der Waals surface area contributed by atoms with Crippen LogP contribution in [0.15, 0.2) is 57.7 Å². The lowest BCUT2D eigenvalue weighted by molar-refractivity contribution is -0.120. The standard InChI is InChI=1S/C21H19NO4/c1-13-9-21(24)26-19-11-16(7-8-17(13)19)25-12-20(23)22-14(2)10-15-5-3-4-6-18(15)22/h3-9,11,14H,10,12H2,1-2H3/t14-/m1/s1. The smallest absolute Gasteiger partial charge is 0.336 e. The van der Waals surface area contributed by atoms with Gasteiger partial charge in [-0.2, -0.15) is 0 Å². The van der Waals surface area contributed by atoms with Crippen LogP contribution in [0.1, 0.15) is 18.1 Å². The van der Waals surface area contributed by atoms with Gasteiger partial charge in [0.25, 0.3) is 5.91 Å². The molecule has 0 unspecified atom stereocenters. The third-order valence-corrected chi connectivity index (χ3v) is 4.76. The van der Waals surface area contributed by atoms with E-state index in [0.29, 0.717) is 11.3 Å². The number of amides is 1. The highest BCUT2D eigenvalue weighted by Crippen LogP contribution is 2.32. The molecule has 5 nitrogen and oxygen atoms in total. The van der Waals surface area contributed by atoms with Crippen molar-refractivity contribution >= 4 is 22.6 Å². The number of hydrogen-bond acceptors (Lipinski definition) is 4. The summed E-state index contributed by atoms with van der Waals surface area (Å²) in [5.74, 6) is 0.410. The molecular formula is C21H19NO4. The van der Waals surface area contributed by atoms with E-state index in [4.69, 9.17) is 9.15 Å². The minimum atomic E-state index is -0.397. The van der Waals surface area contributed by atoms with Crippen LogP contribution in [-0.4, -0.2) is 18.6 Å². The van der Waals surface area contributed by atoms with Gasteiger partial charge < -0.3 is 14.1 Å². The van der Waals surface area contributed by atoms with E-state index in [1.54, 1.807) is 17.0 Å². The van der Waals surface area contributed by atoms with Crippen LogP contribution in [0.2, 0.25) is 0 Å². The highest BCUT2D eigenvalue weighted by Gasteiger charge is 2.30. The number of benzene rings is 2. The van der Waals surface area contributed by atoms with Crippen molar-refractivity contribution in [3.8, 4) is 5.75 Å². The number of aryl methyl sites for hydroxylation is 1. The molecule has 1 aromatic heterocycles. The van der Waals surface area contributed by atoms with Crippen molar-refractivity contribution in [2.24, 2.45) is 0 Å². The Kier molecular flexibility index (Phi) is 3.99. The number of ether oxygens (including phenoxy) is 1. The second kappa shape index (κ2) is 6.33. The van der Waals surface area contributed by atoms with Crippen LogP contribution >= 0.6 is 0 Å². The van der Waals surface area contributed by atoms with E-state index in [1.165, 1.54) is 11.6 Å². The van der Waals surface area contributed by atoms with Gasteiger partial charge in [-0.3, -0.25) is 4.79 Å². The fourth-order valence-corrected chi connectivity index (χ4v) is 3.56. The predicted octanol–water partition coefficient (Wildman–Crippen LogP) is 3.46. The third kappa shape index (κ3) is 2.86. The molecule has 1 atom stereocenters. The molecule has 0 spiro atoms. The first kappa shape index (κ1) is 16.4. The second-order valence-electron chi connectivity index (χ2n) is 6.64. The van der Waals surface area contributed by atoms with E-state index in [-0.39, 0.29) is 18.6 Å². The number of carbonyl (C=O) groups excluding carboxylic acids is 1. The Morgan fingerprint density at radius 1 is 1.23 bits per heavy atom. The molecule has 0 radical (unpaired) electrons. The SMILES string of the molecule is Cc1cc(=O)oc2cc(OCC(=O)N3c4ccccc4C[C@H]3C)ccc12. The second-order valence-corrected chi connectivity index (χ2v) is 6.64. The molecule has 2 aromatic carbocycles. The topological polar surface area (TPSA) is 59.8 Å². The Labute approximate surface area is 150 Å². The summed E-state index contributed by atoms with van der Waals surface area (Å²) in [6, 6.07) is 14.8. The van der Waals surface area contributed by atoms with E-state index in [2.05, 4.69) is 0 Å². The minimum Gasteiger partial charge on any atom is -0.484 e. The van der Waals surface area contributed by atoms with Crippen molar-refractivity contribution in [2.45, 2.75) is 26.3 Å². The molecule has 0 saturated heterocycles. The summed E-state index contributed by atoms with van der Waals surface area (Å²) >= 11 is 0. The third-order valence-electron chi connectivity index (χ3n) is 4.76. The van der Waals surface area contributed by atoms with Crippen molar-refractivity contribution in [3.63, 3.8) is 0 Å². The van der Waals surface area contributed by atoms with E-state index < -0.39 is 5.63 Å². The molecule has 1 aliphatic rings. The summed E-state index contributed by atoms with van der Waals surface area (Å²) in [5, 5.41) is 0.852. The summed E-state index contributed by atoms with van der Waals surface area (Å²) in [5.41, 5.74) is 3.04. The molecule has 0 aliphatic carbocycles. The molecule has 1 amide bonds. The summed E-state index contributed by atoms with van der Waals surface area (Å²) in [7, 11) is 0. The molecule has 0 N–H and O–H groups in total.